The average molecular weight is 266 g/mol. The molecular formula is C13H25F3N2. The summed E-state index contributed by atoms with van der Waals surface area (Å²) in [4.78, 5) is 1.59. The van der Waals surface area contributed by atoms with E-state index in [1.54, 1.807) is 4.90 Å². The van der Waals surface area contributed by atoms with Crippen molar-refractivity contribution in [1.82, 2.24) is 10.2 Å². The van der Waals surface area contributed by atoms with E-state index in [2.05, 4.69) is 5.32 Å². The van der Waals surface area contributed by atoms with Gasteiger partial charge in [-0.05, 0) is 26.4 Å². The molecule has 1 saturated carbocycles. The summed E-state index contributed by atoms with van der Waals surface area (Å²) in [6, 6.07) is 0.203. The molecule has 1 aliphatic rings. The first-order chi connectivity index (χ1) is 8.48. The molecule has 0 aliphatic heterocycles. The molecule has 2 nitrogen and oxygen atoms in total. The van der Waals surface area contributed by atoms with E-state index < -0.39 is 12.7 Å². The first kappa shape index (κ1) is 15.8. The van der Waals surface area contributed by atoms with E-state index in [4.69, 9.17) is 0 Å². The lowest BCUT2D eigenvalue weighted by atomic mass is 9.91. The third-order valence-electron chi connectivity index (χ3n) is 3.86. The van der Waals surface area contributed by atoms with Gasteiger partial charge in [0.15, 0.2) is 0 Å². The number of rotatable bonds is 4. The van der Waals surface area contributed by atoms with Crippen LogP contribution < -0.4 is 5.32 Å². The molecule has 2 atom stereocenters. The van der Waals surface area contributed by atoms with Crippen LogP contribution in [0.4, 0.5) is 13.2 Å². The molecule has 0 radical (unpaired) electrons. The van der Waals surface area contributed by atoms with Gasteiger partial charge < -0.3 is 5.32 Å². The zero-order valence-electron chi connectivity index (χ0n) is 11.4. The Labute approximate surface area is 108 Å². The highest BCUT2D eigenvalue weighted by Crippen LogP contribution is 2.25. The van der Waals surface area contributed by atoms with Crippen LogP contribution in [0.25, 0.3) is 0 Å². The second-order valence-corrected chi connectivity index (χ2v) is 5.13. The second kappa shape index (κ2) is 7.34. The fraction of sp³-hybridized carbons (Fsp3) is 1.00. The number of likely N-dealkylation sites (N-methyl/N-ethyl adjacent to an activating group) is 2. The summed E-state index contributed by atoms with van der Waals surface area (Å²) in [7, 11) is 1.86. The van der Waals surface area contributed by atoms with E-state index in [0.29, 0.717) is 6.54 Å². The Bertz CT molecular complexity index is 231. The predicted molar refractivity (Wildman–Crippen MR) is 67.6 cm³/mol. The number of halogens is 3. The molecule has 18 heavy (non-hydrogen) atoms. The van der Waals surface area contributed by atoms with Gasteiger partial charge in [0.1, 0.15) is 0 Å². The summed E-state index contributed by atoms with van der Waals surface area (Å²) >= 11 is 0. The van der Waals surface area contributed by atoms with Crippen molar-refractivity contribution in [3.8, 4) is 0 Å². The molecule has 0 amide bonds. The van der Waals surface area contributed by atoms with Crippen LogP contribution in [-0.4, -0.2) is 43.3 Å². The number of nitrogens with one attached hydrogen (secondary N) is 1. The smallest absolute Gasteiger partial charge is 0.315 e. The molecule has 0 aromatic carbocycles. The average Bonchev–Trinajstić information content (AvgIpc) is 2.25. The maximum absolute atomic E-state index is 12.6. The van der Waals surface area contributed by atoms with Crippen molar-refractivity contribution in [1.29, 1.82) is 0 Å². The molecule has 2 unspecified atom stereocenters. The van der Waals surface area contributed by atoms with Crippen LogP contribution in [0, 0.1) is 0 Å². The highest BCUT2D eigenvalue weighted by atomic mass is 19.4. The molecule has 5 heteroatoms. The van der Waals surface area contributed by atoms with Gasteiger partial charge in [-0.25, -0.2) is 0 Å². The molecule has 108 valence electrons. The maximum Gasteiger partial charge on any atom is 0.401 e. The summed E-state index contributed by atoms with van der Waals surface area (Å²) in [5, 5.41) is 3.21. The van der Waals surface area contributed by atoms with Gasteiger partial charge in [-0.2, -0.15) is 13.2 Å². The highest BCUT2D eigenvalue weighted by molar-refractivity contribution is 4.86. The van der Waals surface area contributed by atoms with Gasteiger partial charge >= 0.3 is 6.18 Å². The van der Waals surface area contributed by atoms with E-state index in [1.807, 2.05) is 14.0 Å². The van der Waals surface area contributed by atoms with Crippen LogP contribution in [0.5, 0.6) is 0 Å². The maximum atomic E-state index is 12.6. The van der Waals surface area contributed by atoms with Gasteiger partial charge in [0.05, 0.1) is 6.54 Å². The molecule has 1 N–H and O–H groups in total. The Morgan fingerprint density at radius 1 is 1.11 bits per heavy atom. The van der Waals surface area contributed by atoms with Crippen LogP contribution in [0.2, 0.25) is 0 Å². The van der Waals surface area contributed by atoms with Gasteiger partial charge in [0.25, 0.3) is 0 Å². The molecule has 0 bridgehead atoms. The standard InChI is InChI=1S/C13H25F3N2/c1-3-18(10-13(14,15)16)12-9-7-5-4-6-8-11(12)17-2/h11-12,17H,3-10H2,1-2H3. The predicted octanol–water partition coefficient (Wildman–Crippen LogP) is 3.18. The molecule has 0 heterocycles. The zero-order chi connectivity index (χ0) is 13.6. The molecule has 1 rings (SSSR count). The van der Waals surface area contributed by atoms with Crippen molar-refractivity contribution in [2.24, 2.45) is 0 Å². The normalized spacial score (nSPS) is 27.0. The quantitative estimate of drug-likeness (QED) is 0.840. The van der Waals surface area contributed by atoms with Gasteiger partial charge in [-0.3, -0.25) is 4.90 Å². The van der Waals surface area contributed by atoms with Gasteiger partial charge in [-0.1, -0.05) is 32.6 Å². The summed E-state index contributed by atoms with van der Waals surface area (Å²) in [5.74, 6) is 0. The minimum absolute atomic E-state index is 0.0157. The van der Waals surface area contributed by atoms with Crippen molar-refractivity contribution < 1.29 is 13.2 Å². The molecule has 1 aliphatic carbocycles. The van der Waals surface area contributed by atoms with Gasteiger partial charge in [0, 0.05) is 12.1 Å². The Hall–Kier alpha value is -0.290. The molecule has 1 fully saturated rings. The Kier molecular flexibility index (Phi) is 6.43. The Morgan fingerprint density at radius 2 is 1.72 bits per heavy atom. The minimum Gasteiger partial charge on any atom is -0.315 e. The third-order valence-corrected chi connectivity index (χ3v) is 3.86. The number of alkyl halides is 3. The molecule has 0 saturated heterocycles. The van der Waals surface area contributed by atoms with Crippen molar-refractivity contribution in [2.45, 2.75) is 63.7 Å². The first-order valence-electron chi connectivity index (χ1n) is 6.96. The van der Waals surface area contributed by atoms with Gasteiger partial charge in [0.2, 0.25) is 0 Å². The zero-order valence-corrected chi connectivity index (χ0v) is 11.4. The largest absolute Gasteiger partial charge is 0.401 e. The van der Waals surface area contributed by atoms with E-state index in [0.717, 1.165) is 32.1 Å². The second-order valence-electron chi connectivity index (χ2n) is 5.13. The number of hydrogen-bond acceptors (Lipinski definition) is 2. The van der Waals surface area contributed by atoms with E-state index >= 15 is 0 Å². The van der Waals surface area contributed by atoms with Crippen molar-refractivity contribution in [3.63, 3.8) is 0 Å². The van der Waals surface area contributed by atoms with Crippen LogP contribution in [0.1, 0.15) is 45.4 Å². The summed E-state index contributed by atoms with van der Waals surface area (Å²) in [5.41, 5.74) is 0. The number of nitrogens with zero attached hydrogens (tertiary/aromatic N) is 1. The van der Waals surface area contributed by atoms with E-state index in [1.165, 1.54) is 6.42 Å². The lowest BCUT2D eigenvalue weighted by molar-refractivity contribution is -0.152. The molecule has 0 aromatic heterocycles. The molecule has 0 spiro atoms. The van der Waals surface area contributed by atoms with Crippen LogP contribution >= 0.6 is 0 Å². The lowest BCUT2D eigenvalue weighted by Crippen LogP contribution is -2.52. The third kappa shape index (κ3) is 5.14. The summed E-state index contributed by atoms with van der Waals surface area (Å²) < 4.78 is 37.8. The van der Waals surface area contributed by atoms with Gasteiger partial charge in [-0.15, -0.1) is 0 Å². The fourth-order valence-corrected chi connectivity index (χ4v) is 2.93. The highest BCUT2D eigenvalue weighted by Gasteiger charge is 2.35. The molecule has 0 aromatic rings. The van der Waals surface area contributed by atoms with Crippen LogP contribution in [-0.2, 0) is 0 Å². The van der Waals surface area contributed by atoms with Crippen molar-refractivity contribution in [3.05, 3.63) is 0 Å². The topological polar surface area (TPSA) is 15.3 Å². The first-order valence-corrected chi connectivity index (χ1v) is 6.96. The van der Waals surface area contributed by atoms with E-state index in [9.17, 15) is 13.2 Å². The van der Waals surface area contributed by atoms with Crippen LogP contribution in [0.3, 0.4) is 0 Å². The SMILES string of the molecule is CCN(CC(F)(F)F)C1CCCCCCC1NC. The van der Waals surface area contributed by atoms with Crippen LogP contribution in [0.15, 0.2) is 0 Å². The Morgan fingerprint density at radius 3 is 2.22 bits per heavy atom. The minimum atomic E-state index is -4.10. The monoisotopic (exact) mass is 266 g/mol. The Balaban J connectivity index is 2.70. The summed E-state index contributed by atoms with van der Waals surface area (Å²) in [6.45, 7) is 1.49. The fourth-order valence-electron chi connectivity index (χ4n) is 2.93. The summed E-state index contributed by atoms with van der Waals surface area (Å²) in [6.07, 6.45) is 2.26. The van der Waals surface area contributed by atoms with Crippen molar-refractivity contribution >= 4 is 0 Å². The van der Waals surface area contributed by atoms with E-state index in [-0.39, 0.29) is 12.1 Å². The van der Waals surface area contributed by atoms with Crippen molar-refractivity contribution in [2.75, 3.05) is 20.1 Å². The number of hydrogen-bond donors (Lipinski definition) is 1. The molecular weight excluding hydrogens is 241 g/mol. The lowest BCUT2D eigenvalue weighted by Gasteiger charge is -2.38.